The molecule has 0 saturated carbocycles. The number of aryl methyl sites for hydroxylation is 1. The van der Waals surface area contributed by atoms with Gasteiger partial charge in [-0.3, -0.25) is 4.79 Å². The monoisotopic (exact) mass is 391 g/mol. The Kier molecular flexibility index (Phi) is 4.42. The fourth-order valence-electron chi connectivity index (χ4n) is 4.87. The number of amides is 1. The topological polar surface area (TPSA) is 59.2 Å². The number of nitrogens with zero attached hydrogens (tertiary/aromatic N) is 3. The van der Waals surface area contributed by atoms with Crippen LogP contribution in [0.5, 0.6) is 0 Å². The molecule has 1 aromatic heterocycles. The van der Waals surface area contributed by atoms with Crippen LogP contribution in [0, 0.1) is 12.7 Å². The number of carbonyl (C=O) groups excluding carboxylic acids is 1. The molecule has 1 unspecified atom stereocenters. The van der Waals surface area contributed by atoms with Gasteiger partial charge in [0, 0.05) is 30.1 Å². The van der Waals surface area contributed by atoms with E-state index in [0.29, 0.717) is 23.2 Å². The Morgan fingerprint density at radius 3 is 2.48 bits per heavy atom. The van der Waals surface area contributed by atoms with E-state index in [-0.39, 0.29) is 23.8 Å². The Labute approximate surface area is 168 Å². The summed E-state index contributed by atoms with van der Waals surface area (Å²) in [5.74, 6) is 1.23. The first-order valence-corrected chi connectivity index (χ1v) is 10.1. The van der Waals surface area contributed by atoms with Gasteiger partial charge >= 0.3 is 0 Å². The Morgan fingerprint density at radius 1 is 1.10 bits per heavy atom. The second-order valence-corrected chi connectivity index (χ2v) is 8.04. The van der Waals surface area contributed by atoms with Crippen molar-refractivity contribution < 1.29 is 13.7 Å². The number of rotatable bonds is 3. The molecule has 5 rings (SSSR count). The molecule has 148 valence electrons. The molecule has 29 heavy (non-hydrogen) atoms. The summed E-state index contributed by atoms with van der Waals surface area (Å²) in [7, 11) is 0. The zero-order valence-corrected chi connectivity index (χ0v) is 16.2. The van der Waals surface area contributed by atoms with Gasteiger partial charge in [-0.2, -0.15) is 4.98 Å². The predicted octanol–water partition coefficient (Wildman–Crippen LogP) is 4.73. The van der Waals surface area contributed by atoms with Crippen molar-refractivity contribution >= 4 is 5.91 Å². The predicted molar refractivity (Wildman–Crippen MR) is 106 cm³/mol. The van der Waals surface area contributed by atoms with Crippen LogP contribution in [0.2, 0.25) is 0 Å². The largest absolute Gasteiger partial charge is 0.339 e. The highest BCUT2D eigenvalue weighted by atomic mass is 19.1. The Hall–Kier alpha value is -3.02. The quantitative estimate of drug-likeness (QED) is 0.647. The standard InChI is InChI=1S/C23H22FN3O2/c1-14-25-22(26-29-14)16-3-2-4-17(11-16)23(28)27-20-9-10-21(27)13-18(12-20)15-5-7-19(24)8-6-15/h2-8,11,18,20-21H,9-10,12-13H2,1H3/t18?,20-,21+. The van der Waals surface area contributed by atoms with Gasteiger partial charge in [-0.05, 0) is 61.4 Å². The molecule has 5 nitrogen and oxygen atoms in total. The Balaban J connectivity index is 1.37. The van der Waals surface area contributed by atoms with E-state index in [0.717, 1.165) is 31.2 Å². The van der Waals surface area contributed by atoms with Crippen molar-refractivity contribution in [2.45, 2.75) is 50.6 Å². The zero-order valence-electron chi connectivity index (χ0n) is 16.2. The average molecular weight is 391 g/mol. The molecule has 0 N–H and O–H groups in total. The van der Waals surface area contributed by atoms with Crippen molar-refractivity contribution in [3.05, 3.63) is 71.4 Å². The van der Waals surface area contributed by atoms with Crippen molar-refractivity contribution in [2.24, 2.45) is 0 Å². The molecule has 1 amide bonds. The minimum atomic E-state index is -0.207. The van der Waals surface area contributed by atoms with Crippen molar-refractivity contribution in [3.8, 4) is 11.4 Å². The fourth-order valence-corrected chi connectivity index (χ4v) is 4.87. The summed E-state index contributed by atoms with van der Waals surface area (Å²) in [5.41, 5.74) is 2.60. The van der Waals surface area contributed by atoms with E-state index in [4.69, 9.17) is 4.52 Å². The maximum atomic E-state index is 13.3. The minimum absolute atomic E-state index is 0.0668. The first kappa shape index (κ1) is 18.0. The molecule has 2 bridgehead atoms. The first-order chi connectivity index (χ1) is 14.1. The summed E-state index contributed by atoms with van der Waals surface area (Å²) in [6.45, 7) is 1.74. The SMILES string of the molecule is Cc1nc(-c2cccc(C(=O)N3[C@@H]4CC[C@H]3CC(c3ccc(F)cc3)C4)c2)no1. The third-order valence-electron chi connectivity index (χ3n) is 6.20. The highest BCUT2D eigenvalue weighted by molar-refractivity contribution is 5.96. The Bertz CT molecular complexity index is 1030. The molecular weight excluding hydrogens is 369 g/mol. The van der Waals surface area contributed by atoms with Crippen LogP contribution in [-0.2, 0) is 0 Å². The van der Waals surface area contributed by atoms with Gasteiger partial charge in [-0.25, -0.2) is 4.39 Å². The maximum Gasteiger partial charge on any atom is 0.254 e. The maximum absolute atomic E-state index is 13.3. The number of fused-ring (bicyclic) bond motifs is 2. The second-order valence-electron chi connectivity index (χ2n) is 8.04. The first-order valence-electron chi connectivity index (χ1n) is 10.1. The fraction of sp³-hybridized carbons (Fsp3) is 0.348. The summed E-state index contributed by atoms with van der Waals surface area (Å²) in [6.07, 6.45) is 3.91. The molecule has 2 saturated heterocycles. The molecule has 3 atom stereocenters. The van der Waals surface area contributed by atoms with E-state index >= 15 is 0 Å². The number of carbonyl (C=O) groups is 1. The number of halogens is 1. The minimum Gasteiger partial charge on any atom is -0.339 e. The molecule has 2 aliphatic heterocycles. The van der Waals surface area contributed by atoms with Gasteiger partial charge in [-0.15, -0.1) is 0 Å². The summed E-state index contributed by atoms with van der Waals surface area (Å²) < 4.78 is 18.3. The van der Waals surface area contributed by atoms with E-state index in [1.54, 1.807) is 6.92 Å². The van der Waals surface area contributed by atoms with E-state index in [9.17, 15) is 9.18 Å². The number of hydrogen-bond donors (Lipinski definition) is 0. The van der Waals surface area contributed by atoms with Crippen LogP contribution in [-0.4, -0.2) is 33.0 Å². The number of aromatic nitrogens is 2. The second kappa shape index (κ2) is 7.10. The van der Waals surface area contributed by atoms with Crippen LogP contribution < -0.4 is 0 Å². The molecule has 2 aromatic carbocycles. The van der Waals surface area contributed by atoms with Crippen molar-refractivity contribution in [3.63, 3.8) is 0 Å². The lowest BCUT2D eigenvalue weighted by Gasteiger charge is -2.39. The summed E-state index contributed by atoms with van der Waals surface area (Å²) in [4.78, 5) is 19.7. The van der Waals surface area contributed by atoms with Crippen LogP contribution in [0.1, 0.15) is 53.4 Å². The third kappa shape index (κ3) is 3.33. The van der Waals surface area contributed by atoms with Crippen LogP contribution >= 0.6 is 0 Å². The van der Waals surface area contributed by atoms with E-state index in [1.807, 2.05) is 36.4 Å². The number of hydrogen-bond acceptors (Lipinski definition) is 4. The molecule has 0 spiro atoms. The van der Waals surface area contributed by atoms with Gasteiger partial charge in [0.15, 0.2) is 0 Å². The number of benzene rings is 2. The molecule has 3 aromatic rings. The Morgan fingerprint density at radius 2 is 1.83 bits per heavy atom. The van der Waals surface area contributed by atoms with Gasteiger partial charge in [0.1, 0.15) is 5.82 Å². The molecule has 2 aliphatic rings. The lowest BCUT2D eigenvalue weighted by atomic mass is 9.84. The third-order valence-corrected chi connectivity index (χ3v) is 6.20. The van der Waals surface area contributed by atoms with Crippen LogP contribution in [0.3, 0.4) is 0 Å². The highest BCUT2D eigenvalue weighted by Gasteiger charge is 2.43. The van der Waals surface area contributed by atoms with Crippen LogP contribution in [0.4, 0.5) is 4.39 Å². The molecule has 3 heterocycles. The number of piperidine rings is 1. The van der Waals surface area contributed by atoms with Gasteiger partial charge in [-0.1, -0.05) is 29.4 Å². The summed E-state index contributed by atoms with van der Waals surface area (Å²) in [5, 5.41) is 3.95. The molecule has 0 aliphatic carbocycles. The molecule has 0 radical (unpaired) electrons. The van der Waals surface area contributed by atoms with Crippen molar-refractivity contribution in [2.75, 3.05) is 0 Å². The highest BCUT2D eigenvalue weighted by Crippen LogP contribution is 2.43. The van der Waals surface area contributed by atoms with Crippen LogP contribution in [0.15, 0.2) is 53.1 Å². The van der Waals surface area contributed by atoms with Crippen molar-refractivity contribution in [1.29, 1.82) is 0 Å². The lowest BCUT2D eigenvalue weighted by Crippen LogP contribution is -2.46. The summed E-state index contributed by atoms with van der Waals surface area (Å²) in [6, 6.07) is 14.7. The van der Waals surface area contributed by atoms with E-state index in [1.165, 1.54) is 17.7 Å². The smallest absolute Gasteiger partial charge is 0.254 e. The van der Waals surface area contributed by atoms with E-state index in [2.05, 4.69) is 15.0 Å². The van der Waals surface area contributed by atoms with Gasteiger partial charge < -0.3 is 9.42 Å². The van der Waals surface area contributed by atoms with Gasteiger partial charge in [0.05, 0.1) is 0 Å². The van der Waals surface area contributed by atoms with E-state index < -0.39 is 0 Å². The molecule has 6 heteroatoms. The lowest BCUT2D eigenvalue weighted by molar-refractivity contribution is 0.0571. The molecule has 2 fully saturated rings. The zero-order chi connectivity index (χ0) is 20.0. The van der Waals surface area contributed by atoms with Gasteiger partial charge in [0.25, 0.3) is 5.91 Å². The van der Waals surface area contributed by atoms with Gasteiger partial charge in [0.2, 0.25) is 11.7 Å². The van der Waals surface area contributed by atoms with Crippen molar-refractivity contribution in [1.82, 2.24) is 15.0 Å². The molecular formula is C23H22FN3O2. The van der Waals surface area contributed by atoms with Crippen LogP contribution in [0.25, 0.3) is 11.4 Å². The summed E-state index contributed by atoms with van der Waals surface area (Å²) >= 11 is 0. The average Bonchev–Trinajstić information content (AvgIpc) is 3.28. The normalized spacial score (nSPS) is 23.4.